The zero-order chi connectivity index (χ0) is 16.2. The van der Waals surface area contributed by atoms with Gasteiger partial charge in [-0.05, 0) is 20.8 Å². The Hall–Kier alpha value is -1.88. The van der Waals surface area contributed by atoms with Crippen molar-refractivity contribution >= 4 is 12.4 Å². The third-order valence-corrected chi connectivity index (χ3v) is 3.69. The highest BCUT2D eigenvalue weighted by Crippen LogP contribution is 2.10. The minimum atomic E-state index is -0.443. The number of benzene rings is 1. The molecule has 120 valence electrons. The molecule has 5 heteroatoms. The number of carbonyl (C=O) groups is 2. The molecule has 1 N–H and O–H groups in total. The van der Waals surface area contributed by atoms with Crippen molar-refractivity contribution in [1.82, 2.24) is 4.90 Å². The summed E-state index contributed by atoms with van der Waals surface area (Å²) >= 11 is 0. The average molecular weight is 305 g/mol. The van der Waals surface area contributed by atoms with Gasteiger partial charge < -0.3 is 9.64 Å². The van der Waals surface area contributed by atoms with Crippen LogP contribution in [0.25, 0.3) is 0 Å². The molecular weight excluding hydrogens is 280 g/mol. The maximum Gasteiger partial charge on any atom is 0.410 e. The molecule has 0 aliphatic carbocycles. The minimum absolute atomic E-state index is 0.220. The summed E-state index contributed by atoms with van der Waals surface area (Å²) in [6.45, 7) is 9.83. The standard InChI is InChI=1S/C17H24N2O3/c1-17(2,3)22-16(21)19-10-8-18(9-11-19)12-14-4-6-15(13-20)7-5-14/h4-7,13H,8-12H2,1-3H3/p+1. The van der Waals surface area contributed by atoms with Crippen molar-refractivity contribution in [3.8, 4) is 0 Å². The molecule has 0 saturated carbocycles. The number of nitrogens with zero attached hydrogens (tertiary/aromatic N) is 1. The fourth-order valence-electron chi connectivity index (χ4n) is 2.51. The fraction of sp³-hybridized carbons (Fsp3) is 0.529. The molecule has 22 heavy (non-hydrogen) atoms. The number of quaternary nitrogens is 1. The highest BCUT2D eigenvalue weighted by Gasteiger charge is 2.27. The summed E-state index contributed by atoms with van der Waals surface area (Å²) in [5.41, 5.74) is 1.47. The summed E-state index contributed by atoms with van der Waals surface area (Å²) < 4.78 is 5.40. The average Bonchev–Trinajstić information content (AvgIpc) is 2.47. The van der Waals surface area contributed by atoms with Crippen LogP contribution in [0, 0.1) is 0 Å². The topological polar surface area (TPSA) is 51.0 Å². The van der Waals surface area contributed by atoms with Gasteiger partial charge in [0.25, 0.3) is 0 Å². The van der Waals surface area contributed by atoms with Crippen molar-refractivity contribution in [3.63, 3.8) is 0 Å². The zero-order valence-electron chi connectivity index (χ0n) is 13.6. The first kappa shape index (κ1) is 16.5. The monoisotopic (exact) mass is 305 g/mol. The van der Waals surface area contributed by atoms with Crippen LogP contribution >= 0.6 is 0 Å². The van der Waals surface area contributed by atoms with Crippen molar-refractivity contribution in [2.24, 2.45) is 0 Å². The van der Waals surface area contributed by atoms with Crippen LogP contribution in [0.2, 0.25) is 0 Å². The second-order valence-corrected chi connectivity index (χ2v) is 6.75. The molecule has 0 radical (unpaired) electrons. The van der Waals surface area contributed by atoms with Crippen LogP contribution in [-0.2, 0) is 11.3 Å². The SMILES string of the molecule is CC(C)(C)OC(=O)N1CC[NH+](Cc2ccc(C=O)cc2)CC1. The number of ether oxygens (including phenoxy) is 1. The van der Waals surface area contributed by atoms with Crippen molar-refractivity contribution in [2.45, 2.75) is 32.9 Å². The van der Waals surface area contributed by atoms with E-state index in [9.17, 15) is 9.59 Å². The van der Waals surface area contributed by atoms with Crippen molar-refractivity contribution < 1.29 is 19.2 Å². The molecule has 1 aliphatic heterocycles. The zero-order valence-corrected chi connectivity index (χ0v) is 13.6. The third-order valence-electron chi connectivity index (χ3n) is 3.69. The normalized spacial score (nSPS) is 16.4. The second-order valence-electron chi connectivity index (χ2n) is 6.75. The van der Waals surface area contributed by atoms with E-state index in [1.54, 1.807) is 4.90 Å². The number of hydrogen-bond acceptors (Lipinski definition) is 3. The summed E-state index contributed by atoms with van der Waals surface area (Å²) in [7, 11) is 0. The maximum absolute atomic E-state index is 12.0. The molecule has 0 unspecified atom stereocenters. The van der Waals surface area contributed by atoms with E-state index in [0.717, 1.165) is 39.0 Å². The Bertz CT molecular complexity index is 512. The van der Waals surface area contributed by atoms with Gasteiger partial charge >= 0.3 is 6.09 Å². The quantitative estimate of drug-likeness (QED) is 0.852. The van der Waals surface area contributed by atoms with E-state index in [1.807, 2.05) is 45.0 Å². The molecule has 1 heterocycles. The van der Waals surface area contributed by atoms with E-state index < -0.39 is 5.60 Å². The lowest BCUT2D eigenvalue weighted by Crippen LogP contribution is -3.13. The Labute approximate surface area is 131 Å². The van der Waals surface area contributed by atoms with Crippen LogP contribution in [-0.4, -0.2) is 49.1 Å². The van der Waals surface area contributed by atoms with E-state index in [1.165, 1.54) is 10.5 Å². The van der Waals surface area contributed by atoms with Gasteiger partial charge in [-0.2, -0.15) is 0 Å². The van der Waals surface area contributed by atoms with Gasteiger partial charge in [0.15, 0.2) is 0 Å². The van der Waals surface area contributed by atoms with E-state index in [2.05, 4.69) is 0 Å². The van der Waals surface area contributed by atoms with E-state index in [4.69, 9.17) is 4.74 Å². The van der Waals surface area contributed by atoms with Crippen LogP contribution in [0.5, 0.6) is 0 Å². The first-order valence-electron chi connectivity index (χ1n) is 7.73. The van der Waals surface area contributed by atoms with Crippen LogP contribution in [0.15, 0.2) is 24.3 Å². The lowest BCUT2D eigenvalue weighted by molar-refractivity contribution is -0.917. The number of piperazine rings is 1. The molecule has 0 atom stereocenters. The fourth-order valence-corrected chi connectivity index (χ4v) is 2.51. The molecule has 1 aromatic carbocycles. The summed E-state index contributed by atoms with van der Waals surface area (Å²) in [6, 6.07) is 7.69. The smallest absolute Gasteiger partial charge is 0.410 e. The third kappa shape index (κ3) is 4.84. The molecule has 0 spiro atoms. The number of rotatable bonds is 3. The summed E-state index contributed by atoms with van der Waals surface area (Å²) in [6.07, 6.45) is 0.637. The van der Waals surface area contributed by atoms with E-state index in [0.29, 0.717) is 5.56 Å². The van der Waals surface area contributed by atoms with Gasteiger partial charge in [-0.3, -0.25) is 9.69 Å². The molecular formula is C17H25N2O3+. The molecule has 2 rings (SSSR count). The molecule has 1 aliphatic rings. The Morgan fingerprint density at radius 3 is 2.32 bits per heavy atom. The molecule has 5 nitrogen and oxygen atoms in total. The van der Waals surface area contributed by atoms with Crippen LogP contribution in [0.4, 0.5) is 4.79 Å². The Kier molecular flexibility index (Phi) is 5.19. The largest absolute Gasteiger partial charge is 0.444 e. The summed E-state index contributed by atoms with van der Waals surface area (Å²) in [4.78, 5) is 25.9. The Morgan fingerprint density at radius 1 is 1.23 bits per heavy atom. The molecule has 0 aromatic heterocycles. The summed E-state index contributed by atoms with van der Waals surface area (Å²) in [5, 5.41) is 0. The molecule has 1 saturated heterocycles. The predicted octanol–water partition coefficient (Wildman–Crippen LogP) is 1.13. The van der Waals surface area contributed by atoms with Gasteiger partial charge in [-0.25, -0.2) is 4.79 Å². The Balaban J connectivity index is 1.81. The highest BCUT2D eigenvalue weighted by molar-refractivity contribution is 5.74. The minimum Gasteiger partial charge on any atom is -0.444 e. The summed E-state index contributed by atoms with van der Waals surface area (Å²) in [5.74, 6) is 0. The lowest BCUT2D eigenvalue weighted by Gasteiger charge is -2.33. The number of hydrogen-bond donors (Lipinski definition) is 1. The van der Waals surface area contributed by atoms with Crippen LogP contribution in [0.3, 0.4) is 0 Å². The first-order chi connectivity index (χ1) is 10.4. The number of aldehydes is 1. The molecule has 0 bridgehead atoms. The second kappa shape index (κ2) is 6.92. The van der Waals surface area contributed by atoms with E-state index in [-0.39, 0.29) is 6.09 Å². The van der Waals surface area contributed by atoms with Crippen molar-refractivity contribution in [2.75, 3.05) is 26.2 Å². The number of carbonyl (C=O) groups excluding carboxylic acids is 2. The van der Waals surface area contributed by atoms with Crippen molar-refractivity contribution in [3.05, 3.63) is 35.4 Å². The molecule has 1 amide bonds. The van der Waals surface area contributed by atoms with E-state index >= 15 is 0 Å². The maximum atomic E-state index is 12.0. The van der Waals surface area contributed by atoms with Gasteiger partial charge in [0.05, 0.1) is 26.2 Å². The van der Waals surface area contributed by atoms with Gasteiger partial charge in [-0.1, -0.05) is 24.3 Å². The predicted molar refractivity (Wildman–Crippen MR) is 84.0 cm³/mol. The number of nitrogens with one attached hydrogen (secondary N) is 1. The van der Waals surface area contributed by atoms with Gasteiger partial charge in [0.2, 0.25) is 0 Å². The molecule has 1 fully saturated rings. The Morgan fingerprint density at radius 2 is 1.82 bits per heavy atom. The van der Waals surface area contributed by atoms with Gasteiger partial charge in [0.1, 0.15) is 18.4 Å². The molecule has 1 aromatic rings. The van der Waals surface area contributed by atoms with Crippen molar-refractivity contribution in [1.29, 1.82) is 0 Å². The van der Waals surface area contributed by atoms with Crippen LogP contribution in [0.1, 0.15) is 36.7 Å². The first-order valence-corrected chi connectivity index (χ1v) is 7.73. The number of amides is 1. The van der Waals surface area contributed by atoms with Gasteiger partial charge in [-0.15, -0.1) is 0 Å². The lowest BCUT2D eigenvalue weighted by atomic mass is 10.1. The highest BCUT2D eigenvalue weighted by atomic mass is 16.6. The van der Waals surface area contributed by atoms with Crippen LogP contribution < -0.4 is 4.90 Å². The van der Waals surface area contributed by atoms with Gasteiger partial charge in [0, 0.05) is 11.1 Å².